The Hall–Kier alpha value is -3.15. The van der Waals surface area contributed by atoms with Gasteiger partial charge in [-0.05, 0) is 30.7 Å². The second-order valence-corrected chi connectivity index (χ2v) is 7.46. The van der Waals surface area contributed by atoms with Crippen molar-refractivity contribution in [1.29, 1.82) is 0 Å². The molecule has 0 spiro atoms. The molecular formula is C20H17IN4O5. The second kappa shape index (κ2) is 7.59. The summed E-state index contributed by atoms with van der Waals surface area (Å²) in [6.07, 6.45) is 1.54. The summed E-state index contributed by atoms with van der Waals surface area (Å²) in [7, 11) is 0. The van der Waals surface area contributed by atoms with Crippen LogP contribution in [-0.2, 0) is 11.3 Å². The number of hydrogen-bond acceptors (Lipinski definition) is 6. The average molecular weight is 520 g/mol. The van der Waals surface area contributed by atoms with Crippen LogP contribution in [0.3, 0.4) is 0 Å². The molecule has 154 valence electrons. The average Bonchev–Trinajstić information content (AvgIpc) is 3.19. The molecule has 0 aliphatic carbocycles. The van der Waals surface area contributed by atoms with E-state index in [0.717, 1.165) is 11.1 Å². The van der Waals surface area contributed by atoms with E-state index in [0.29, 0.717) is 11.3 Å². The van der Waals surface area contributed by atoms with Gasteiger partial charge in [-0.3, -0.25) is 14.9 Å². The highest BCUT2D eigenvalue weighted by atomic mass is 127. The number of pyridine rings is 1. The molecule has 1 fully saturated rings. The van der Waals surface area contributed by atoms with Crippen molar-refractivity contribution in [3.63, 3.8) is 0 Å². The number of rotatable bonds is 6. The quantitative estimate of drug-likeness (QED) is 0.344. The molecule has 0 unspecified atom stereocenters. The van der Waals surface area contributed by atoms with Gasteiger partial charge in [0.15, 0.2) is 28.5 Å². The largest absolute Gasteiger partial charge is 0.441 e. The minimum Gasteiger partial charge on any atom is -0.441 e. The first-order valence-electron chi connectivity index (χ1n) is 8.97. The number of aromatic nitrogens is 1. The summed E-state index contributed by atoms with van der Waals surface area (Å²) < 4.78 is 10.9. The number of nitrogens with one attached hydrogen (secondary N) is 2. The van der Waals surface area contributed by atoms with E-state index in [-0.39, 0.29) is 30.6 Å². The molecule has 2 N–H and O–H groups in total. The Bertz CT molecular complexity index is 1090. The fourth-order valence-corrected chi connectivity index (χ4v) is 3.75. The Kier molecular flexibility index (Phi) is 5.10. The van der Waals surface area contributed by atoms with Gasteiger partial charge in [-0.1, -0.05) is 18.7 Å². The summed E-state index contributed by atoms with van der Waals surface area (Å²) in [6.45, 7) is 5.80. The normalized spacial score (nSPS) is 19.9. The molecule has 1 aromatic heterocycles. The van der Waals surface area contributed by atoms with E-state index in [9.17, 15) is 14.4 Å². The number of ether oxygens (including phenoxy) is 1. The van der Waals surface area contributed by atoms with E-state index < -0.39 is 17.5 Å². The van der Waals surface area contributed by atoms with Crippen molar-refractivity contribution >= 4 is 40.9 Å². The van der Waals surface area contributed by atoms with E-state index in [1.807, 2.05) is 0 Å². The van der Waals surface area contributed by atoms with Crippen molar-refractivity contribution in [2.24, 2.45) is 0 Å². The monoisotopic (exact) mass is 520 g/mol. The van der Waals surface area contributed by atoms with Crippen molar-refractivity contribution in [3.8, 4) is 11.6 Å². The molecule has 1 saturated heterocycles. The van der Waals surface area contributed by atoms with Crippen molar-refractivity contribution < 1.29 is 22.2 Å². The van der Waals surface area contributed by atoms with Crippen LogP contribution in [0.25, 0.3) is 0 Å². The van der Waals surface area contributed by atoms with Gasteiger partial charge in [0.1, 0.15) is 11.5 Å². The predicted octanol–water partition coefficient (Wildman–Crippen LogP) is 2.25. The van der Waals surface area contributed by atoms with E-state index in [1.165, 1.54) is 4.90 Å². The lowest BCUT2D eigenvalue weighted by Gasteiger charge is -2.31. The molecule has 1 atom stereocenters. The van der Waals surface area contributed by atoms with Crippen LogP contribution in [-0.4, -0.2) is 39.8 Å². The third-order valence-corrected chi connectivity index (χ3v) is 5.58. The fraction of sp³-hybridized carbons (Fsp3) is 0.200. The third kappa shape index (κ3) is 3.36. The number of aryl methyl sites for hydroxylation is 1. The molecule has 10 heteroatoms. The van der Waals surface area contributed by atoms with Crippen LogP contribution in [0.15, 0.2) is 48.9 Å². The first-order chi connectivity index (χ1) is 14.3. The number of halogens is 1. The van der Waals surface area contributed by atoms with E-state index in [2.05, 4.69) is 22.2 Å². The van der Waals surface area contributed by atoms with Gasteiger partial charge in [0.2, 0.25) is 5.88 Å². The Morgan fingerprint density at radius 3 is 2.80 bits per heavy atom. The number of hydrogen-bond donors (Lipinski definition) is 2. The number of fused-ring (bicyclic) bond motifs is 1. The molecule has 0 saturated carbocycles. The Morgan fingerprint density at radius 2 is 2.13 bits per heavy atom. The molecule has 4 rings (SSSR count). The van der Waals surface area contributed by atoms with Crippen LogP contribution in [0, 0.1) is 6.92 Å². The van der Waals surface area contributed by atoms with Gasteiger partial charge in [-0.2, -0.15) is 0 Å². The first kappa shape index (κ1) is 20.1. The molecule has 0 bridgehead atoms. The van der Waals surface area contributed by atoms with Gasteiger partial charge in [0, 0.05) is 23.9 Å². The van der Waals surface area contributed by atoms with Gasteiger partial charge < -0.3 is 18.0 Å². The maximum atomic E-state index is 13.0. The predicted molar refractivity (Wildman–Crippen MR) is 114 cm³/mol. The number of carbonyl (C=O) groups excluding carboxylic acids is 3. The highest BCUT2D eigenvalue weighted by Gasteiger charge is 2.53. The summed E-state index contributed by atoms with van der Waals surface area (Å²) in [5, 5.41) is 4.79. The lowest BCUT2D eigenvalue weighted by Crippen LogP contribution is -2.57. The number of imide groups is 1. The zero-order valence-corrected chi connectivity index (χ0v) is 18.1. The number of amides is 4. The summed E-state index contributed by atoms with van der Waals surface area (Å²) in [5.74, 6) is -0.158. The van der Waals surface area contributed by atoms with Crippen LogP contribution in [0.5, 0.6) is 11.6 Å². The Morgan fingerprint density at radius 1 is 1.33 bits per heavy atom. The molecular weight excluding hydrogens is 503 g/mol. The third-order valence-electron chi connectivity index (χ3n) is 5.08. The van der Waals surface area contributed by atoms with Crippen LogP contribution >= 0.6 is 23.0 Å². The van der Waals surface area contributed by atoms with Gasteiger partial charge in [0.05, 0.1) is 6.54 Å². The summed E-state index contributed by atoms with van der Waals surface area (Å²) in [6, 6.07) is 8.05. The summed E-state index contributed by atoms with van der Waals surface area (Å²) in [5.41, 5.74) is 0.358. The van der Waals surface area contributed by atoms with Crippen LogP contribution in [0.1, 0.15) is 21.5 Å². The number of benzene rings is 1. The van der Waals surface area contributed by atoms with Gasteiger partial charge in [-0.15, -0.1) is 0 Å². The molecule has 2 aliphatic rings. The molecule has 9 nitrogen and oxygen atoms in total. The van der Waals surface area contributed by atoms with Gasteiger partial charge >= 0.3 is 6.03 Å². The number of nitrogens with zero attached hydrogens (tertiary/aromatic N) is 2. The van der Waals surface area contributed by atoms with Crippen molar-refractivity contribution in [3.05, 3.63) is 65.6 Å². The van der Waals surface area contributed by atoms with Gasteiger partial charge in [-0.25, -0.2) is 9.78 Å². The maximum absolute atomic E-state index is 13.0. The van der Waals surface area contributed by atoms with Crippen LogP contribution in [0.2, 0.25) is 0 Å². The summed E-state index contributed by atoms with van der Waals surface area (Å²) >= 11 is 1.74. The molecule has 2 aliphatic heterocycles. The number of carbonyl (C=O) groups is 3. The minimum absolute atomic E-state index is 0.0345. The van der Waals surface area contributed by atoms with Crippen LogP contribution < -0.4 is 18.4 Å². The van der Waals surface area contributed by atoms with E-state index in [4.69, 9.17) is 7.80 Å². The highest BCUT2D eigenvalue weighted by molar-refractivity contribution is 14.1. The fourth-order valence-electron chi connectivity index (χ4n) is 3.47. The molecule has 1 aromatic carbocycles. The van der Waals surface area contributed by atoms with E-state index >= 15 is 0 Å². The van der Waals surface area contributed by atoms with Crippen LogP contribution in [0.4, 0.5) is 4.79 Å². The molecule has 3 heterocycles. The van der Waals surface area contributed by atoms with Gasteiger partial charge in [0.25, 0.3) is 11.8 Å². The number of urea groups is 1. The molecule has 2 aromatic rings. The van der Waals surface area contributed by atoms with Crippen molar-refractivity contribution in [2.75, 3.05) is 6.54 Å². The first-order valence-corrected chi connectivity index (χ1v) is 9.85. The van der Waals surface area contributed by atoms with E-state index in [1.54, 1.807) is 66.5 Å². The lowest BCUT2D eigenvalue weighted by molar-refractivity contribution is -0.123. The molecule has 0 radical (unpaired) electrons. The second-order valence-electron chi connectivity index (χ2n) is 7.02. The Labute approximate surface area is 186 Å². The highest BCUT2D eigenvalue weighted by Crippen LogP contribution is 2.32. The zero-order valence-electron chi connectivity index (χ0n) is 15.9. The minimum atomic E-state index is -1.65. The van der Waals surface area contributed by atoms with Crippen molar-refractivity contribution in [1.82, 2.24) is 20.5 Å². The molecule has 4 amide bonds. The topological polar surface area (TPSA) is 110 Å². The lowest BCUT2D eigenvalue weighted by atomic mass is 9.96. The Balaban J connectivity index is 1.63. The SMILES string of the molecule is C=C(Oc1ncccc1C)[C@]1(CN2Cc3ccc(OI)cc3C2=O)NC(=O)NC1=O. The maximum Gasteiger partial charge on any atom is 0.322 e. The standard InChI is InChI=1S/C20H17IN4O5/c1-11-4-3-7-22-16(11)29-12(2)20(18(27)23-19(28)24-20)10-25-9-13-5-6-14(30-21)8-15(13)17(25)26/h3-8H,2,9-10H2,1H3,(H2,23,24,27,28)/t20-/m0/s1. The zero-order chi connectivity index (χ0) is 21.5. The smallest absolute Gasteiger partial charge is 0.322 e. The molecule has 30 heavy (non-hydrogen) atoms. The summed E-state index contributed by atoms with van der Waals surface area (Å²) in [4.78, 5) is 43.3. The van der Waals surface area contributed by atoms with Crippen molar-refractivity contribution in [2.45, 2.75) is 19.0 Å².